The molecule has 0 saturated heterocycles. The highest BCUT2D eigenvalue weighted by molar-refractivity contribution is 5.78. The summed E-state index contributed by atoms with van der Waals surface area (Å²) in [5.41, 5.74) is -0.409. The van der Waals surface area contributed by atoms with E-state index >= 15 is 0 Å². The zero-order chi connectivity index (χ0) is 9.03. The molecule has 0 radical (unpaired) electrons. The first-order valence-electron chi connectivity index (χ1n) is 4.01. The van der Waals surface area contributed by atoms with Crippen LogP contribution in [0, 0.1) is 11.3 Å². The molecule has 0 spiro atoms. The molecule has 0 heterocycles. The number of nitrogens with zero attached hydrogens (tertiary/aromatic N) is 1. The monoisotopic (exact) mass is 168 g/mol. The van der Waals surface area contributed by atoms with Gasteiger partial charge < -0.3 is 10.4 Å². The Morgan fingerprint density at radius 1 is 1.67 bits per heavy atom. The van der Waals surface area contributed by atoms with E-state index in [0.29, 0.717) is 0 Å². The van der Waals surface area contributed by atoms with Gasteiger partial charge >= 0.3 is 0 Å². The van der Waals surface area contributed by atoms with E-state index in [-0.39, 0.29) is 18.9 Å². The second-order valence-corrected chi connectivity index (χ2v) is 3.18. The predicted octanol–water partition coefficient (Wildman–Crippen LogP) is -0.0687. The molecular formula is C8H12N2O2. The summed E-state index contributed by atoms with van der Waals surface area (Å²) in [7, 11) is 0. The lowest BCUT2D eigenvalue weighted by Crippen LogP contribution is -2.56. The van der Waals surface area contributed by atoms with Gasteiger partial charge in [-0.2, -0.15) is 5.26 Å². The van der Waals surface area contributed by atoms with Crippen LogP contribution < -0.4 is 5.32 Å². The number of aliphatic hydroxyl groups excluding tert-OH is 1. The Morgan fingerprint density at radius 3 is 2.67 bits per heavy atom. The van der Waals surface area contributed by atoms with E-state index in [4.69, 9.17) is 10.4 Å². The summed E-state index contributed by atoms with van der Waals surface area (Å²) >= 11 is 0. The van der Waals surface area contributed by atoms with Crippen molar-refractivity contribution in [1.29, 1.82) is 5.26 Å². The van der Waals surface area contributed by atoms with Crippen LogP contribution in [0.15, 0.2) is 0 Å². The van der Waals surface area contributed by atoms with Crippen LogP contribution in [0.1, 0.15) is 25.7 Å². The lowest BCUT2D eigenvalue weighted by molar-refractivity contribution is -0.124. The van der Waals surface area contributed by atoms with Crippen molar-refractivity contribution in [1.82, 2.24) is 5.32 Å². The van der Waals surface area contributed by atoms with Crippen LogP contribution in [0.3, 0.4) is 0 Å². The average Bonchev–Trinajstić information content (AvgIpc) is 1.97. The van der Waals surface area contributed by atoms with Crippen molar-refractivity contribution in [2.24, 2.45) is 0 Å². The summed E-state index contributed by atoms with van der Waals surface area (Å²) in [4.78, 5) is 11.0. The molecule has 0 aromatic rings. The third-order valence-corrected chi connectivity index (χ3v) is 2.26. The highest BCUT2D eigenvalue weighted by Crippen LogP contribution is 2.31. The maximum absolute atomic E-state index is 11.0. The standard InChI is InChI=1S/C8H12N2O2/c9-5-2-7(12)10-8(6-11)3-1-4-8/h11H,1-4,6H2,(H,10,12). The highest BCUT2D eigenvalue weighted by atomic mass is 16.3. The van der Waals surface area contributed by atoms with Crippen LogP contribution in [0.25, 0.3) is 0 Å². The van der Waals surface area contributed by atoms with E-state index in [1.54, 1.807) is 6.07 Å². The van der Waals surface area contributed by atoms with E-state index in [9.17, 15) is 4.79 Å². The zero-order valence-electron chi connectivity index (χ0n) is 6.84. The molecule has 1 saturated carbocycles. The number of nitrogens with one attached hydrogen (secondary N) is 1. The SMILES string of the molecule is N#CCC(=O)NC1(CO)CCC1. The Morgan fingerprint density at radius 2 is 2.33 bits per heavy atom. The summed E-state index contributed by atoms with van der Waals surface area (Å²) in [6, 6.07) is 1.77. The van der Waals surface area contributed by atoms with E-state index in [0.717, 1.165) is 19.3 Å². The Kier molecular flexibility index (Phi) is 2.66. The molecule has 0 aromatic carbocycles. The Balaban J connectivity index is 2.38. The molecular weight excluding hydrogens is 156 g/mol. The van der Waals surface area contributed by atoms with E-state index in [1.807, 2.05) is 0 Å². The number of hydrogen-bond donors (Lipinski definition) is 2. The number of hydrogen-bond acceptors (Lipinski definition) is 3. The maximum Gasteiger partial charge on any atom is 0.234 e. The van der Waals surface area contributed by atoms with Gasteiger partial charge in [0.1, 0.15) is 6.42 Å². The molecule has 1 amide bonds. The van der Waals surface area contributed by atoms with Gasteiger partial charge in [-0.15, -0.1) is 0 Å². The van der Waals surface area contributed by atoms with Gasteiger partial charge in [0.2, 0.25) is 5.91 Å². The third kappa shape index (κ3) is 1.74. The molecule has 1 aliphatic carbocycles. The van der Waals surface area contributed by atoms with Crippen molar-refractivity contribution in [2.75, 3.05) is 6.61 Å². The summed E-state index contributed by atoms with van der Waals surface area (Å²) < 4.78 is 0. The Hall–Kier alpha value is -1.08. The Bertz CT molecular complexity index is 210. The van der Waals surface area contributed by atoms with Crippen molar-refractivity contribution >= 4 is 5.91 Å². The normalized spacial score (nSPS) is 19.0. The van der Waals surface area contributed by atoms with Gasteiger partial charge in [0.15, 0.2) is 0 Å². The van der Waals surface area contributed by atoms with Crippen molar-refractivity contribution in [3.63, 3.8) is 0 Å². The summed E-state index contributed by atoms with van der Waals surface area (Å²) in [5.74, 6) is -0.286. The number of carbonyl (C=O) groups is 1. The van der Waals surface area contributed by atoms with Gasteiger partial charge in [0, 0.05) is 0 Å². The van der Waals surface area contributed by atoms with Crippen molar-refractivity contribution in [2.45, 2.75) is 31.2 Å². The lowest BCUT2D eigenvalue weighted by atomic mass is 9.77. The quantitative estimate of drug-likeness (QED) is 0.619. The smallest absolute Gasteiger partial charge is 0.234 e. The number of aliphatic hydroxyl groups is 1. The second kappa shape index (κ2) is 3.55. The van der Waals surface area contributed by atoms with Gasteiger partial charge in [-0.1, -0.05) is 0 Å². The average molecular weight is 168 g/mol. The van der Waals surface area contributed by atoms with E-state index in [1.165, 1.54) is 0 Å². The largest absolute Gasteiger partial charge is 0.394 e. The molecule has 0 bridgehead atoms. The number of amides is 1. The molecule has 1 fully saturated rings. The minimum atomic E-state index is -0.409. The number of rotatable bonds is 3. The summed E-state index contributed by atoms with van der Waals surface area (Å²) in [6.45, 7) is -0.0236. The lowest BCUT2D eigenvalue weighted by Gasteiger charge is -2.40. The van der Waals surface area contributed by atoms with Crippen LogP contribution in [0.4, 0.5) is 0 Å². The van der Waals surface area contributed by atoms with Crippen molar-refractivity contribution in [3.05, 3.63) is 0 Å². The number of nitriles is 1. The maximum atomic E-state index is 11.0. The van der Waals surface area contributed by atoms with Crippen molar-refractivity contribution in [3.8, 4) is 6.07 Å². The van der Waals surface area contributed by atoms with Crippen LogP contribution in [-0.4, -0.2) is 23.2 Å². The molecule has 4 heteroatoms. The molecule has 4 nitrogen and oxygen atoms in total. The number of carbonyl (C=O) groups excluding carboxylic acids is 1. The van der Waals surface area contributed by atoms with Gasteiger partial charge in [0.05, 0.1) is 18.2 Å². The molecule has 2 N–H and O–H groups in total. The van der Waals surface area contributed by atoms with Crippen LogP contribution >= 0.6 is 0 Å². The fourth-order valence-corrected chi connectivity index (χ4v) is 1.34. The predicted molar refractivity (Wildman–Crippen MR) is 42.0 cm³/mol. The minimum absolute atomic E-state index is 0.0236. The first-order valence-corrected chi connectivity index (χ1v) is 4.01. The molecule has 66 valence electrons. The summed E-state index contributed by atoms with van der Waals surface area (Å²) in [5, 5.41) is 19.8. The molecule has 1 rings (SSSR count). The molecule has 0 aromatic heterocycles. The molecule has 12 heavy (non-hydrogen) atoms. The molecule has 0 atom stereocenters. The van der Waals surface area contributed by atoms with E-state index in [2.05, 4.69) is 5.32 Å². The zero-order valence-corrected chi connectivity index (χ0v) is 6.84. The van der Waals surface area contributed by atoms with Crippen LogP contribution in [0.5, 0.6) is 0 Å². The fourth-order valence-electron chi connectivity index (χ4n) is 1.34. The minimum Gasteiger partial charge on any atom is -0.394 e. The molecule has 0 aliphatic heterocycles. The first-order chi connectivity index (χ1) is 5.72. The van der Waals surface area contributed by atoms with Crippen molar-refractivity contribution < 1.29 is 9.90 Å². The molecule has 0 unspecified atom stereocenters. The van der Waals surface area contributed by atoms with Gasteiger partial charge in [-0.3, -0.25) is 4.79 Å². The fraction of sp³-hybridized carbons (Fsp3) is 0.750. The second-order valence-electron chi connectivity index (χ2n) is 3.18. The van der Waals surface area contributed by atoms with Gasteiger partial charge in [-0.25, -0.2) is 0 Å². The molecule has 1 aliphatic rings. The first kappa shape index (κ1) is 9.01. The third-order valence-electron chi connectivity index (χ3n) is 2.26. The highest BCUT2D eigenvalue weighted by Gasteiger charge is 2.37. The van der Waals surface area contributed by atoms with Gasteiger partial charge in [-0.05, 0) is 19.3 Å². The van der Waals surface area contributed by atoms with E-state index < -0.39 is 5.54 Å². The topological polar surface area (TPSA) is 73.1 Å². The van der Waals surface area contributed by atoms with Crippen LogP contribution in [0.2, 0.25) is 0 Å². The van der Waals surface area contributed by atoms with Crippen LogP contribution in [-0.2, 0) is 4.79 Å². The summed E-state index contributed by atoms with van der Waals surface area (Å²) in [6.07, 6.45) is 2.55. The van der Waals surface area contributed by atoms with Gasteiger partial charge in [0.25, 0.3) is 0 Å². The Labute approximate surface area is 71.2 Å².